The number of nitrogens with one attached hydrogen (secondary N) is 1. The molecule has 0 radical (unpaired) electrons. The van der Waals surface area contributed by atoms with E-state index in [0.29, 0.717) is 13.2 Å². The molecule has 1 aliphatic rings. The van der Waals surface area contributed by atoms with Gasteiger partial charge in [0.1, 0.15) is 5.69 Å². The van der Waals surface area contributed by atoms with Crippen LogP contribution in [0.15, 0.2) is 12.1 Å². The molecule has 0 aliphatic carbocycles. The Morgan fingerprint density at radius 3 is 2.59 bits per heavy atom. The highest BCUT2D eigenvalue weighted by Crippen LogP contribution is 2.27. The van der Waals surface area contributed by atoms with Gasteiger partial charge in [0.15, 0.2) is 11.6 Å². The number of hydrogen-bond donors (Lipinski definition) is 2. The molecule has 5 heteroatoms. The fourth-order valence-corrected chi connectivity index (χ4v) is 2.01. The number of ether oxygens (including phenoxy) is 1. The number of hydrogen-bond acceptors (Lipinski definition) is 3. The smallest absolute Gasteiger partial charge is 0.151 e. The van der Waals surface area contributed by atoms with Crippen molar-refractivity contribution in [1.82, 2.24) is 0 Å². The summed E-state index contributed by atoms with van der Waals surface area (Å²) in [6.07, 6.45) is 1.86. The number of halogens is 2. The fraction of sp³-hybridized carbons (Fsp3) is 0.500. The molecule has 1 aromatic carbocycles. The van der Waals surface area contributed by atoms with Gasteiger partial charge < -0.3 is 15.8 Å². The van der Waals surface area contributed by atoms with E-state index in [9.17, 15) is 8.78 Å². The zero-order chi connectivity index (χ0) is 12.5. The van der Waals surface area contributed by atoms with E-state index < -0.39 is 11.6 Å². The Morgan fingerprint density at radius 2 is 2.06 bits per heavy atom. The summed E-state index contributed by atoms with van der Waals surface area (Å²) in [4.78, 5) is 0. The second-order valence-corrected chi connectivity index (χ2v) is 4.62. The molecule has 0 saturated carbocycles. The number of rotatable bonds is 3. The maximum absolute atomic E-state index is 13.5. The van der Waals surface area contributed by atoms with E-state index >= 15 is 0 Å². The van der Waals surface area contributed by atoms with Gasteiger partial charge in [0.25, 0.3) is 0 Å². The Labute approximate surface area is 98.9 Å². The molecular formula is C12H16F2N2O. The molecule has 17 heavy (non-hydrogen) atoms. The van der Waals surface area contributed by atoms with E-state index in [-0.39, 0.29) is 17.0 Å². The molecule has 1 atom stereocenters. The fourth-order valence-electron chi connectivity index (χ4n) is 2.01. The molecule has 0 aromatic heterocycles. The van der Waals surface area contributed by atoms with Crippen LogP contribution in [0, 0.1) is 11.6 Å². The summed E-state index contributed by atoms with van der Waals surface area (Å²) in [7, 11) is 0. The second-order valence-electron chi connectivity index (χ2n) is 4.62. The molecule has 2 rings (SSSR count). The quantitative estimate of drug-likeness (QED) is 0.801. The van der Waals surface area contributed by atoms with Crippen molar-refractivity contribution in [2.45, 2.75) is 25.4 Å². The van der Waals surface area contributed by atoms with Gasteiger partial charge in [-0.1, -0.05) is 0 Å². The largest absolute Gasteiger partial charge is 0.399 e. The number of benzene rings is 1. The molecule has 0 amide bonds. The van der Waals surface area contributed by atoms with Crippen molar-refractivity contribution >= 4 is 11.4 Å². The third-order valence-corrected chi connectivity index (χ3v) is 3.00. The summed E-state index contributed by atoms with van der Waals surface area (Å²) in [5.74, 6) is -1.35. The molecule has 3 N–H and O–H groups in total. The predicted molar refractivity (Wildman–Crippen MR) is 62.9 cm³/mol. The number of anilines is 2. The van der Waals surface area contributed by atoms with Crippen molar-refractivity contribution in [3.05, 3.63) is 23.8 Å². The van der Waals surface area contributed by atoms with Gasteiger partial charge >= 0.3 is 0 Å². The van der Waals surface area contributed by atoms with E-state index in [2.05, 4.69) is 5.32 Å². The Kier molecular flexibility index (Phi) is 3.19. The minimum Gasteiger partial charge on any atom is -0.399 e. The highest BCUT2D eigenvalue weighted by molar-refractivity contribution is 5.54. The highest BCUT2D eigenvalue weighted by atomic mass is 19.1. The van der Waals surface area contributed by atoms with Crippen LogP contribution in [0.3, 0.4) is 0 Å². The van der Waals surface area contributed by atoms with Gasteiger partial charge in [-0.3, -0.25) is 0 Å². The molecule has 3 nitrogen and oxygen atoms in total. The number of nitrogen functional groups attached to an aromatic ring is 1. The Balaban J connectivity index is 2.08. The predicted octanol–water partition coefficient (Wildman–Crippen LogP) is 2.53. The first-order valence-corrected chi connectivity index (χ1v) is 5.62. The van der Waals surface area contributed by atoms with Crippen molar-refractivity contribution in [2.24, 2.45) is 0 Å². The first-order valence-electron chi connectivity index (χ1n) is 5.62. The zero-order valence-corrected chi connectivity index (χ0v) is 9.72. The van der Waals surface area contributed by atoms with Crippen LogP contribution in [0.2, 0.25) is 0 Å². The van der Waals surface area contributed by atoms with Crippen LogP contribution in [0.4, 0.5) is 20.2 Å². The van der Waals surface area contributed by atoms with Gasteiger partial charge in [-0.25, -0.2) is 8.78 Å². The summed E-state index contributed by atoms with van der Waals surface area (Å²) in [6.45, 7) is 3.01. The monoisotopic (exact) mass is 242 g/mol. The average Bonchev–Trinajstić information content (AvgIpc) is 2.64. The molecule has 0 spiro atoms. The van der Waals surface area contributed by atoms with Gasteiger partial charge in [-0.2, -0.15) is 0 Å². The highest BCUT2D eigenvalue weighted by Gasteiger charge is 2.30. The summed E-state index contributed by atoms with van der Waals surface area (Å²) >= 11 is 0. The van der Waals surface area contributed by atoms with Gasteiger partial charge in [0.2, 0.25) is 0 Å². The molecule has 1 aromatic rings. The van der Waals surface area contributed by atoms with E-state index in [1.54, 1.807) is 0 Å². The molecule has 94 valence electrons. The Morgan fingerprint density at radius 1 is 1.41 bits per heavy atom. The summed E-state index contributed by atoms with van der Waals surface area (Å²) in [5, 5.41) is 2.76. The van der Waals surface area contributed by atoms with Crippen molar-refractivity contribution in [3.8, 4) is 0 Å². The molecule has 1 saturated heterocycles. The van der Waals surface area contributed by atoms with E-state index in [0.717, 1.165) is 25.0 Å². The van der Waals surface area contributed by atoms with Gasteiger partial charge in [0.05, 0.1) is 5.60 Å². The Bertz CT molecular complexity index is 394. The SMILES string of the molecule is CC1(CNc2c(F)cc(N)cc2F)CCCO1. The van der Waals surface area contributed by atoms with Crippen LogP contribution in [0.25, 0.3) is 0 Å². The van der Waals surface area contributed by atoms with Crippen LogP contribution in [-0.2, 0) is 4.74 Å². The first-order chi connectivity index (χ1) is 8.00. The van der Waals surface area contributed by atoms with Crippen LogP contribution >= 0.6 is 0 Å². The summed E-state index contributed by atoms with van der Waals surface area (Å²) in [6, 6.07) is 2.20. The third kappa shape index (κ3) is 2.66. The summed E-state index contributed by atoms with van der Waals surface area (Å²) < 4.78 is 32.5. The van der Waals surface area contributed by atoms with Crippen molar-refractivity contribution < 1.29 is 13.5 Å². The molecular weight excluding hydrogens is 226 g/mol. The van der Waals surface area contributed by atoms with Crippen molar-refractivity contribution in [3.63, 3.8) is 0 Å². The minimum atomic E-state index is -0.677. The lowest BCUT2D eigenvalue weighted by Crippen LogP contribution is -2.33. The lowest BCUT2D eigenvalue weighted by molar-refractivity contribution is 0.0314. The minimum absolute atomic E-state index is 0.0777. The molecule has 1 heterocycles. The maximum Gasteiger partial charge on any atom is 0.151 e. The normalized spacial score (nSPS) is 23.9. The van der Waals surface area contributed by atoms with Gasteiger partial charge in [0, 0.05) is 18.8 Å². The maximum atomic E-state index is 13.5. The lowest BCUT2D eigenvalue weighted by Gasteiger charge is -2.24. The van der Waals surface area contributed by atoms with E-state index in [1.165, 1.54) is 0 Å². The van der Waals surface area contributed by atoms with Crippen molar-refractivity contribution in [2.75, 3.05) is 24.2 Å². The first kappa shape index (κ1) is 12.1. The third-order valence-electron chi connectivity index (χ3n) is 3.00. The average molecular weight is 242 g/mol. The van der Waals surface area contributed by atoms with Gasteiger partial charge in [-0.05, 0) is 31.9 Å². The van der Waals surface area contributed by atoms with Crippen LogP contribution in [0.1, 0.15) is 19.8 Å². The van der Waals surface area contributed by atoms with Crippen molar-refractivity contribution in [1.29, 1.82) is 0 Å². The number of nitrogens with two attached hydrogens (primary N) is 1. The standard InChI is InChI=1S/C12H16F2N2O/c1-12(3-2-4-17-12)7-16-11-9(13)5-8(15)6-10(11)14/h5-6,16H,2-4,7,15H2,1H3. The molecule has 0 bridgehead atoms. The van der Waals surface area contributed by atoms with E-state index in [1.807, 2.05) is 6.92 Å². The topological polar surface area (TPSA) is 47.3 Å². The Hall–Kier alpha value is -1.36. The van der Waals surface area contributed by atoms with Crippen LogP contribution in [0.5, 0.6) is 0 Å². The second kappa shape index (κ2) is 4.49. The molecule has 1 unspecified atom stereocenters. The lowest BCUT2D eigenvalue weighted by atomic mass is 10.0. The van der Waals surface area contributed by atoms with E-state index in [4.69, 9.17) is 10.5 Å². The zero-order valence-electron chi connectivity index (χ0n) is 9.72. The molecule has 1 aliphatic heterocycles. The molecule has 1 fully saturated rings. The van der Waals surface area contributed by atoms with Gasteiger partial charge in [-0.15, -0.1) is 0 Å². The summed E-state index contributed by atoms with van der Waals surface area (Å²) in [5.41, 5.74) is 4.93. The van der Waals surface area contributed by atoms with Crippen LogP contribution < -0.4 is 11.1 Å². The van der Waals surface area contributed by atoms with Crippen LogP contribution in [-0.4, -0.2) is 18.8 Å².